The van der Waals surface area contributed by atoms with Crippen LogP contribution in [0.2, 0.25) is 0 Å². The number of carbonyl (C=O) groups is 3. The standard InChI is InChI=1S/C34H51N5O6S/c1-21(2)30(31(40)35-24(5)32(41)39-18-10-11-28(37-39)33(42)44-9)45-20-22(3)12-13-25-14-15-26-16-17-27(36-29(26)19-25)23(4)38-46(43)34(6,7)8/h12-17,19,21-24,28,30,37-38H,10-11,18,20H2,1-9H3,(H,35,40)/b13-12+/t22?,23-,24+,28+,30+,46?/m1/s1. The smallest absolute Gasteiger partial charge is 0.324 e. The zero-order valence-corrected chi connectivity index (χ0v) is 29.4. The topological polar surface area (TPSA) is 139 Å². The van der Waals surface area contributed by atoms with Gasteiger partial charge in [-0.1, -0.05) is 51.1 Å². The number of ether oxygens (including phenoxy) is 2. The Balaban J connectivity index is 1.57. The van der Waals surface area contributed by atoms with Crippen molar-refractivity contribution in [3.8, 4) is 0 Å². The van der Waals surface area contributed by atoms with Crippen LogP contribution in [0.25, 0.3) is 17.0 Å². The molecule has 1 saturated heterocycles. The van der Waals surface area contributed by atoms with E-state index in [0.717, 1.165) is 22.2 Å². The predicted molar refractivity (Wildman–Crippen MR) is 181 cm³/mol. The van der Waals surface area contributed by atoms with Gasteiger partial charge in [-0.3, -0.25) is 24.4 Å². The van der Waals surface area contributed by atoms with E-state index in [9.17, 15) is 18.6 Å². The van der Waals surface area contributed by atoms with E-state index in [0.29, 0.717) is 26.0 Å². The van der Waals surface area contributed by atoms with Gasteiger partial charge in [0.1, 0.15) is 18.2 Å². The third-order valence-corrected chi connectivity index (χ3v) is 9.39. The Kier molecular flexibility index (Phi) is 13.4. The Hall–Kier alpha value is -3.19. The predicted octanol–water partition coefficient (Wildman–Crippen LogP) is 4.21. The molecular weight excluding hydrogens is 606 g/mol. The first-order valence-corrected chi connectivity index (χ1v) is 17.1. The molecule has 0 saturated carbocycles. The van der Waals surface area contributed by atoms with Gasteiger partial charge < -0.3 is 14.8 Å². The highest BCUT2D eigenvalue weighted by atomic mass is 32.2. The van der Waals surface area contributed by atoms with Crippen LogP contribution >= 0.6 is 0 Å². The minimum atomic E-state index is -1.21. The van der Waals surface area contributed by atoms with Crippen LogP contribution in [0, 0.1) is 11.8 Å². The normalized spacial score (nSPS) is 19.1. The van der Waals surface area contributed by atoms with Gasteiger partial charge >= 0.3 is 5.97 Å². The van der Waals surface area contributed by atoms with Gasteiger partial charge in [-0.05, 0) is 77.0 Å². The summed E-state index contributed by atoms with van der Waals surface area (Å²) in [5.41, 5.74) is 5.55. The van der Waals surface area contributed by atoms with Gasteiger partial charge in [-0.25, -0.2) is 14.4 Å². The van der Waals surface area contributed by atoms with Crippen molar-refractivity contribution in [2.75, 3.05) is 20.3 Å². The molecule has 1 aliphatic heterocycles. The summed E-state index contributed by atoms with van der Waals surface area (Å²) in [5, 5.41) is 5.18. The highest BCUT2D eigenvalue weighted by Crippen LogP contribution is 2.21. The number of fused-ring (bicyclic) bond motifs is 1. The van der Waals surface area contributed by atoms with Crippen LogP contribution in [0.4, 0.5) is 0 Å². The van der Waals surface area contributed by atoms with Crippen molar-refractivity contribution in [2.45, 2.75) is 97.2 Å². The number of pyridine rings is 1. The van der Waals surface area contributed by atoms with Gasteiger partial charge in [-0.2, -0.15) is 0 Å². The number of methoxy groups -OCH3 is 1. The number of carbonyl (C=O) groups excluding carboxylic acids is 3. The Bertz CT molecular complexity index is 1420. The molecule has 2 aromatic rings. The fourth-order valence-corrected chi connectivity index (χ4v) is 5.69. The van der Waals surface area contributed by atoms with E-state index >= 15 is 0 Å². The lowest BCUT2D eigenvalue weighted by Crippen LogP contribution is -2.60. The van der Waals surface area contributed by atoms with Gasteiger partial charge in [0.25, 0.3) is 5.91 Å². The molecule has 0 bridgehead atoms. The molecule has 3 rings (SSSR count). The van der Waals surface area contributed by atoms with Crippen LogP contribution in [0.3, 0.4) is 0 Å². The van der Waals surface area contributed by atoms with E-state index in [-0.39, 0.29) is 34.4 Å². The van der Waals surface area contributed by atoms with E-state index in [1.807, 2.05) is 91.0 Å². The highest BCUT2D eigenvalue weighted by Gasteiger charge is 2.33. The van der Waals surface area contributed by atoms with Crippen LogP contribution in [-0.4, -0.2) is 75.2 Å². The summed E-state index contributed by atoms with van der Waals surface area (Å²) in [6.45, 7) is 15.9. The Morgan fingerprint density at radius 2 is 1.83 bits per heavy atom. The average Bonchev–Trinajstić information content (AvgIpc) is 3.01. The third kappa shape index (κ3) is 10.4. The van der Waals surface area contributed by atoms with Gasteiger partial charge in [-0.15, -0.1) is 0 Å². The fraction of sp³-hybridized carbons (Fsp3) is 0.588. The van der Waals surface area contributed by atoms with Gasteiger partial charge in [0.05, 0.1) is 46.7 Å². The molecule has 1 aromatic carbocycles. The maximum absolute atomic E-state index is 13.2. The maximum atomic E-state index is 13.2. The van der Waals surface area contributed by atoms with E-state index in [1.165, 1.54) is 12.1 Å². The quantitative estimate of drug-likeness (QED) is 0.273. The molecule has 254 valence electrons. The first-order chi connectivity index (χ1) is 21.6. The number of benzene rings is 1. The van der Waals surface area contributed by atoms with Gasteiger partial charge in [0.15, 0.2) is 0 Å². The molecule has 2 heterocycles. The second-order valence-corrected chi connectivity index (χ2v) is 15.3. The van der Waals surface area contributed by atoms with E-state index < -0.39 is 35.1 Å². The lowest BCUT2D eigenvalue weighted by molar-refractivity contribution is -0.151. The number of hydrogen-bond acceptors (Lipinski definition) is 8. The van der Waals surface area contributed by atoms with Crippen molar-refractivity contribution >= 4 is 45.7 Å². The van der Waals surface area contributed by atoms with E-state index in [4.69, 9.17) is 14.5 Å². The number of amides is 2. The van der Waals surface area contributed by atoms with Crippen LogP contribution in [0.5, 0.6) is 0 Å². The largest absolute Gasteiger partial charge is 0.468 e. The molecule has 6 atom stereocenters. The number of rotatable bonds is 13. The van der Waals surface area contributed by atoms with Crippen LogP contribution < -0.4 is 15.5 Å². The molecule has 46 heavy (non-hydrogen) atoms. The second kappa shape index (κ2) is 16.6. The first kappa shape index (κ1) is 37.3. The van der Waals surface area contributed by atoms with Crippen molar-refractivity contribution in [1.29, 1.82) is 0 Å². The molecule has 0 spiro atoms. The molecule has 1 aromatic heterocycles. The summed E-state index contributed by atoms with van der Waals surface area (Å²) in [6, 6.07) is 8.47. The van der Waals surface area contributed by atoms with Gasteiger partial charge in [0.2, 0.25) is 5.91 Å². The minimum Gasteiger partial charge on any atom is -0.468 e. The van der Waals surface area contributed by atoms with Crippen molar-refractivity contribution in [2.24, 2.45) is 11.8 Å². The number of nitrogens with zero attached hydrogens (tertiary/aromatic N) is 2. The molecule has 3 N–H and O–H groups in total. The van der Waals surface area contributed by atoms with Crippen molar-refractivity contribution in [3.63, 3.8) is 0 Å². The summed E-state index contributed by atoms with van der Waals surface area (Å²) in [6.07, 6.45) is 4.52. The fourth-order valence-electron chi connectivity index (χ4n) is 4.90. The molecule has 2 unspecified atom stereocenters. The van der Waals surface area contributed by atoms with Crippen LogP contribution in [0.1, 0.15) is 85.5 Å². The molecule has 2 amide bonds. The Morgan fingerprint density at radius 3 is 2.48 bits per heavy atom. The summed E-state index contributed by atoms with van der Waals surface area (Å²) < 4.78 is 26.2. The number of hydrogen-bond donors (Lipinski definition) is 3. The van der Waals surface area contributed by atoms with Crippen molar-refractivity contribution in [1.82, 2.24) is 25.5 Å². The molecular formula is C34H51N5O6S. The van der Waals surface area contributed by atoms with E-state index in [1.54, 1.807) is 6.92 Å². The Morgan fingerprint density at radius 1 is 1.13 bits per heavy atom. The summed E-state index contributed by atoms with van der Waals surface area (Å²) >= 11 is 0. The van der Waals surface area contributed by atoms with E-state index in [2.05, 4.69) is 15.5 Å². The highest BCUT2D eigenvalue weighted by molar-refractivity contribution is 7.84. The number of esters is 1. The summed E-state index contributed by atoms with van der Waals surface area (Å²) in [7, 11) is 0.105. The molecule has 1 fully saturated rings. The number of nitrogens with one attached hydrogen (secondary N) is 3. The summed E-state index contributed by atoms with van der Waals surface area (Å²) in [5.74, 6) is -1.23. The average molecular weight is 658 g/mol. The Labute approximate surface area is 275 Å². The number of hydrazine groups is 1. The zero-order valence-electron chi connectivity index (χ0n) is 28.6. The van der Waals surface area contributed by atoms with Gasteiger partial charge in [0, 0.05) is 11.9 Å². The SMILES string of the molecule is COC(=O)[C@@H]1CCCN(C(=O)[C@H](C)NC(=O)[C@@H](OCC(C)/C=C/c2ccc3ccc([C@@H](C)NS(=O)C(C)(C)C)nc3c2)C(C)C)N1. The molecule has 12 heteroatoms. The maximum Gasteiger partial charge on any atom is 0.324 e. The summed E-state index contributed by atoms with van der Waals surface area (Å²) in [4.78, 5) is 42.9. The van der Waals surface area contributed by atoms with Crippen LogP contribution in [-0.2, 0) is 34.8 Å². The molecule has 0 radical (unpaired) electrons. The third-order valence-electron chi connectivity index (χ3n) is 7.71. The first-order valence-electron chi connectivity index (χ1n) is 15.9. The van der Waals surface area contributed by atoms with Crippen molar-refractivity contribution in [3.05, 3.63) is 47.7 Å². The molecule has 11 nitrogen and oxygen atoms in total. The minimum absolute atomic E-state index is 0.00694. The lowest BCUT2D eigenvalue weighted by atomic mass is 10.0. The molecule has 1 aliphatic rings. The lowest BCUT2D eigenvalue weighted by Gasteiger charge is -2.34. The zero-order chi connectivity index (χ0) is 34.2. The van der Waals surface area contributed by atoms with Crippen LogP contribution in [0.15, 0.2) is 36.4 Å². The second-order valence-electron chi connectivity index (χ2n) is 13.3. The monoisotopic (exact) mass is 657 g/mol. The number of aromatic nitrogens is 1. The van der Waals surface area contributed by atoms with Crippen molar-refractivity contribution < 1.29 is 28.1 Å². The molecule has 0 aliphatic carbocycles.